The number of hydrogen-bond donors (Lipinski definition) is 1. The van der Waals surface area contributed by atoms with E-state index in [9.17, 15) is 18.7 Å². The Hall–Kier alpha value is -1.49. The van der Waals surface area contributed by atoms with Crippen LogP contribution in [-0.4, -0.2) is 35.1 Å². The maximum Gasteiger partial charge on any atom is 0.233 e. The Balaban J connectivity index is 1.92. The first-order valence-electron chi connectivity index (χ1n) is 7.96. The molecule has 5 heteroatoms. The highest BCUT2D eigenvalue weighted by molar-refractivity contribution is 5.88. The number of benzene rings is 1. The fourth-order valence-electron chi connectivity index (χ4n) is 3.83. The Morgan fingerprint density at radius 2 is 1.82 bits per heavy atom. The van der Waals surface area contributed by atoms with Gasteiger partial charge in [0.05, 0.1) is 11.5 Å². The molecule has 22 heavy (non-hydrogen) atoms. The highest BCUT2D eigenvalue weighted by atomic mass is 19.1. The van der Waals surface area contributed by atoms with Gasteiger partial charge in [-0.2, -0.15) is 0 Å². The fourth-order valence-corrected chi connectivity index (χ4v) is 3.83. The lowest BCUT2D eigenvalue weighted by Gasteiger charge is -2.38. The summed E-state index contributed by atoms with van der Waals surface area (Å²) >= 11 is 0. The molecule has 1 aromatic rings. The third-order valence-electron chi connectivity index (χ3n) is 5.06. The molecule has 0 bridgehead atoms. The van der Waals surface area contributed by atoms with Crippen LogP contribution in [0.3, 0.4) is 0 Å². The smallest absolute Gasteiger partial charge is 0.233 e. The van der Waals surface area contributed by atoms with Gasteiger partial charge in [-0.05, 0) is 31.7 Å². The van der Waals surface area contributed by atoms with E-state index in [1.807, 2.05) is 0 Å². The van der Waals surface area contributed by atoms with Gasteiger partial charge >= 0.3 is 0 Å². The number of likely N-dealkylation sites (tertiary alicyclic amines) is 1. The molecule has 120 valence electrons. The maximum atomic E-state index is 14.3. The number of halogens is 2. The lowest BCUT2D eigenvalue weighted by atomic mass is 9.76. The molecule has 3 rings (SSSR count). The Morgan fingerprint density at radius 1 is 1.18 bits per heavy atom. The van der Waals surface area contributed by atoms with Crippen molar-refractivity contribution < 1.29 is 18.7 Å². The van der Waals surface area contributed by atoms with Crippen molar-refractivity contribution in [3.63, 3.8) is 0 Å². The van der Waals surface area contributed by atoms with E-state index in [0.717, 1.165) is 18.9 Å². The van der Waals surface area contributed by atoms with Crippen LogP contribution in [0.25, 0.3) is 0 Å². The largest absolute Gasteiger partial charge is 0.393 e. The predicted molar refractivity (Wildman–Crippen MR) is 78.3 cm³/mol. The van der Waals surface area contributed by atoms with E-state index in [-0.39, 0.29) is 12.0 Å². The quantitative estimate of drug-likeness (QED) is 0.912. The molecule has 0 unspecified atom stereocenters. The molecule has 1 amide bonds. The predicted octanol–water partition coefficient (Wildman–Crippen LogP) is 2.76. The second kappa shape index (κ2) is 5.95. The Morgan fingerprint density at radius 3 is 2.41 bits per heavy atom. The van der Waals surface area contributed by atoms with Crippen LogP contribution in [0.5, 0.6) is 0 Å². The van der Waals surface area contributed by atoms with E-state index in [1.54, 1.807) is 4.90 Å². The number of piperidine rings is 1. The van der Waals surface area contributed by atoms with Crippen molar-refractivity contribution in [1.82, 2.24) is 4.90 Å². The summed E-state index contributed by atoms with van der Waals surface area (Å²) in [5.41, 5.74) is -0.539. The monoisotopic (exact) mass is 309 g/mol. The van der Waals surface area contributed by atoms with E-state index < -0.39 is 17.0 Å². The molecule has 2 aliphatic rings. The number of aliphatic hydroxyl groups excluding tert-OH is 1. The molecule has 1 aliphatic heterocycles. The molecule has 1 saturated heterocycles. The minimum Gasteiger partial charge on any atom is -0.393 e. The van der Waals surface area contributed by atoms with Crippen LogP contribution < -0.4 is 0 Å². The molecule has 0 atom stereocenters. The zero-order valence-electron chi connectivity index (χ0n) is 12.5. The van der Waals surface area contributed by atoms with Crippen LogP contribution in [0.4, 0.5) is 8.78 Å². The lowest BCUT2D eigenvalue weighted by molar-refractivity contribution is -0.139. The van der Waals surface area contributed by atoms with E-state index in [2.05, 4.69) is 0 Å². The second-order valence-electron chi connectivity index (χ2n) is 6.44. The van der Waals surface area contributed by atoms with Gasteiger partial charge in [0, 0.05) is 24.7 Å². The van der Waals surface area contributed by atoms with E-state index in [4.69, 9.17) is 0 Å². The lowest BCUT2D eigenvalue weighted by Crippen LogP contribution is -2.49. The minimum absolute atomic E-state index is 0.0672. The van der Waals surface area contributed by atoms with Gasteiger partial charge < -0.3 is 10.0 Å². The maximum absolute atomic E-state index is 14.3. The van der Waals surface area contributed by atoms with Gasteiger partial charge in [-0.15, -0.1) is 0 Å². The number of amides is 1. The topological polar surface area (TPSA) is 40.5 Å². The van der Waals surface area contributed by atoms with Gasteiger partial charge in [0.25, 0.3) is 0 Å². The van der Waals surface area contributed by atoms with E-state index >= 15 is 0 Å². The molecule has 1 heterocycles. The minimum atomic E-state index is -0.861. The number of carbonyl (C=O) groups is 1. The van der Waals surface area contributed by atoms with Gasteiger partial charge in [-0.25, -0.2) is 8.78 Å². The summed E-state index contributed by atoms with van der Waals surface area (Å²) in [6.07, 6.45) is 3.73. The summed E-state index contributed by atoms with van der Waals surface area (Å²) < 4.78 is 27.5. The van der Waals surface area contributed by atoms with Crippen LogP contribution in [0.15, 0.2) is 18.2 Å². The number of carbonyl (C=O) groups excluding carboxylic acids is 1. The number of hydrogen-bond acceptors (Lipinski definition) is 2. The van der Waals surface area contributed by atoms with Crippen molar-refractivity contribution in [3.05, 3.63) is 35.4 Å². The molecule has 1 N–H and O–H groups in total. The van der Waals surface area contributed by atoms with Crippen molar-refractivity contribution in [1.29, 1.82) is 0 Å². The van der Waals surface area contributed by atoms with Gasteiger partial charge in [0.2, 0.25) is 5.91 Å². The van der Waals surface area contributed by atoms with Crippen LogP contribution in [-0.2, 0) is 10.2 Å². The summed E-state index contributed by atoms with van der Waals surface area (Å²) in [6, 6.07) is 3.51. The van der Waals surface area contributed by atoms with Crippen molar-refractivity contribution >= 4 is 5.91 Å². The van der Waals surface area contributed by atoms with Gasteiger partial charge in [0.1, 0.15) is 11.6 Å². The summed E-state index contributed by atoms with van der Waals surface area (Å²) in [5.74, 6) is -1.32. The van der Waals surface area contributed by atoms with Crippen LogP contribution in [0, 0.1) is 11.6 Å². The Kier molecular flexibility index (Phi) is 4.17. The first-order valence-corrected chi connectivity index (χ1v) is 7.96. The van der Waals surface area contributed by atoms with Gasteiger partial charge in [-0.3, -0.25) is 4.79 Å². The van der Waals surface area contributed by atoms with Crippen molar-refractivity contribution in [2.75, 3.05) is 13.1 Å². The third-order valence-corrected chi connectivity index (χ3v) is 5.06. The fraction of sp³-hybridized carbons (Fsp3) is 0.588. The average Bonchev–Trinajstić information content (AvgIpc) is 2.98. The summed E-state index contributed by atoms with van der Waals surface area (Å²) in [4.78, 5) is 14.8. The van der Waals surface area contributed by atoms with Crippen LogP contribution >= 0.6 is 0 Å². The van der Waals surface area contributed by atoms with E-state index in [0.29, 0.717) is 44.3 Å². The zero-order valence-corrected chi connectivity index (χ0v) is 12.5. The van der Waals surface area contributed by atoms with Crippen LogP contribution in [0.1, 0.15) is 44.1 Å². The summed E-state index contributed by atoms with van der Waals surface area (Å²) in [7, 11) is 0. The summed E-state index contributed by atoms with van der Waals surface area (Å²) in [6.45, 7) is 1.01. The molecular formula is C17H21F2NO2. The molecular weight excluding hydrogens is 288 g/mol. The van der Waals surface area contributed by atoms with Gasteiger partial charge in [0.15, 0.2) is 0 Å². The molecule has 0 radical (unpaired) electrons. The second-order valence-corrected chi connectivity index (χ2v) is 6.44. The average molecular weight is 309 g/mol. The Labute approximate surface area is 128 Å². The van der Waals surface area contributed by atoms with Crippen molar-refractivity contribution in [2.45, 2.75) is 50.0 Å². The number of rotatable bonds is 2. The van der Waals surface area contributed by atoms with Gasteiger partial charge in [-0.1, -0.05) is 18.9 Å². The Bertz CT molecular complexity index is 562. The molecule has 3 nitrogen and oxygen atoms in total. The highest BCUT2D eigenvalue weighted by Crippen LogP contribution is 2.44. The number of nitrogens with zero attached hydrogens (tertiary/aromatic N) is 1. The first kappa shape index (κ1) is 15.4. The normalized spacial score (nSPS) is 22.0. The standard InChI is InChI=1S/C17H21F2NO2/c18-12-3-4-14(15(19)11-12)17(7-1-2-8-17)16(22)20-9-5-13(21)6-10-20/h3-4,11,13,21H,1-2,5-10H2. The molecule has 0 aromatic heterocycles. The first-order chi connectivity index (χ1) is 10.5. The zero-order chi connectivity index (χ0) is 15.7. The molecule has 1 aliphatic carbocycles. The highest BCUT2D eigenvalue weighted by Gasteiger charge is 2.46. The van der Waals surface area contributed by atoms with E-state index in [1.165, 1.54) is 12.1 Å². The number of aliphatic hydroxyl groups is 1. The van der Waals surface area contributed by atoms with Crippen LogP contribution in [0.2, 0.25) is 0 Å². The third kappa shape index (κ3) is 2.62. The van der Waals surface area contributed by atoms with Crippen molar-refractivity contribution in [3.8, 4) is 0 Å². The molecule has 1 saturated carbocycles. The SMILES string of the molecule is O=C(N1CCC(O)CC1)C1(c2ccc(F)cc2F)CCCC1. The summed E-state index contributed by atoms with van der Waals surface area (Å²) in [5, 5.41) is 9.59. The molecule has 0 spiro atoms. The molecule has 1 aromatic carbocycles. The molecule has 2 fully saturated rings. The van der Waals surface area contributed by atoms with Crippen molar-refractivity contribution in [2.24, 2.45) is 0 Å².